The van der Waals surface area contributed by atoms with Gasteiger partial charge in [-0.25, -0.2) is 9.07 Å². The van der Waals surface area contributed by atoms with E-state index in [0.717, 1.165) is 80.4 Å². The summed E-state index contributed by atoms with van der Waals surface area (Å²) in [6.45, 7) is 8.43. The van der Waals surface area contributed by atoms with Crippen molar-refractivity contribution >= 4 is 16.6 Å². The van der Waals surface area contributed by atoms with Crippen LogP contribution in [0.2, 0.25) is 0 Å². The second kappa shape index (κ2) is 10.1. The number of aromatic nitrogens is 4. The topological polar surface area (TPSA) is 77.8 Å². The van der Waals surface area contributed by atoms with Crippen molar-refractivity contribution in [3.63, 3.8) is 0 Å². The molecule has 214 valence electrons. The highest BCUT2D eigenvalue weighted by Crippen LogP contribution is 2.41. The SMILES string of the molecule is COc1nc(OC[C@@]23CCCN2C[C@H](F)C3)nc2c1CCN(c1c(C)c(C)cc3c1cnn3C1CCCCO1)C2. The molecule has 10 heteroatoms. The van der Waals surface area contributed by atoms with Crippen molar-refractivity contribution in [1.82, 2.24) is 24.6 Å². The molecule has 1 unspecified atom stereocenters. The number of rotatable bonds is 6. The van der Waals surface area contributed by atoms with Gasteiger partial charge in [-0.05, 0) is 76.1 Å². The van der Waals surface area contributed by atoms with Gasteiger partial charge in [0.1, 0.15) is 12.8 Å². The molecule has 0 amide bonds. The van der Waals surface area contributed by atoms with E-state index in [1.54, 1.807) is 7.11 Å². The maximum atomic E-state index is 14.3. The van der Waals surface area contributed by atoms with Gasteiger partial charge in [-0.2, -0.15) is 15.1 Å². The Bertz CT molecular complexity index is 1420. The Kier molecular flexibility index (Phi) is 6.58. The van der Waals surface area contributed by atoms with E-state index in [0.29, 0.717) is 38.0 Å². The fraction of sp³-hybridized carbons (Fsp3) is 0.633. The van der Waals surface area contributed by atoms with Gasteiger partial charge in [-0.3, -0.25) is 4.90 Å². The van der Waals surface area contributed by atoms with E-state index < -0.39 is 6.17 Å². The van der Waals surface area contributed by atoms with E-state index >= 15 is 0 Å². The largest absolute Gasteiger partial charge is 0.481 e. The zero-order valence-corrected chi connectivity index (χ0v) is 23.8. The van der Waals surface area contributed by atoms with Crippen LogP contribution >= 0.6 is 0 Å². The molecule has 2 aromatic heterocycles. The van der Waals surface area contributed by atoms with Crippen LogP contribution < -0.4 is 14.4 Å². The molecule has 40 heavy (non-hydrogen) atoms. The molecule has 1 aromatic carbocycles. The average molecular weight is 551 g/mol. The highest BCUT2D eigenvalue weighted by molar-refractivity contribution is 5.95. The van der Waals surface area contributed by atoms with E-state index in [4.69, 9.17) is 24.3 Å². The van der Waals surface area contributed by atoms with Crippen LogP contribution in [0.4, 0.5) is 10.1 Å². The normalized spacial score (nSPS) is 26.8. The van der Waals surface area contributed by atoms with Crippen molar-refractivity contribution in [2.24, 2.45) is 0 Å². The fourth-order valence-corrected chi connectivity index (χ4v) is 7.40. The number of alkyl halides is 1. The summed E-state index contributed by atoms with van der Waals surface area (Å²) >= 11 is 0. The number of benzene rings is 1. The molecule has 0 saturated carbocycles. The summed E-state index contributed by atoms with van der Waals surface area (Å²) in [7, 11) is 1.65. The lowest BCUT2D eigenvalue weighted by molar-refractivity contribution is -0.0366. The lowest BCUT2D eigenvalue weighted by Gasteiger charge is -2.33. The summed E-state index contributed by atoms with van der Waals surface area (Å²) in [5.74, 6) is 0.573. The number of hydrogen-bond acceptors (Lipinski definition) is 8. The molecule has 3 saturated heterocycles. The Hall–Kier alpha value is -2.98. The second-order valence-electron chi connectivity index (χ2n) is 12.0. The van der Waals surface area contributed by atoms with E-state index in [1.807, 2.05) is 6.20 Å². The van der Waals surface area contributed by atoms with Gasteiger partial charge in [0.25, 0.3) is 0 Å². The van der Waals surface area contributed by atoms with Crippen LogP contribution in [-0.4, -0.2) is 76.3 Å². The van der Waals surface area contributed by atoms with Crippen LogP contribution in [0.25, 0.3) is 10.9 Å². The highest BCUT2D eigenvalue weighted by Gasteiger charge is 2.49. The first kappa shape index (κ1) is 26.0. The van der Waals surface area contributed by atoms with Crippen LogP contribution in [0.15, 0.2) is 12.3 Å². The molecule has 9 nitrogen and oxygen atoms in total. The molecule has 7 rings (SSSR count). The molecule has 0 radical (unpaired) electrons. The molecule has 4 aliphatic rings. The van der Waals surface area contributed by atoms with Gasteiger partial charge in [-0.15, -0.1) is 0 Å². The van der Waals surface area contributed by atoms with Crippen molar-refractivity contribution < 1.29 is 18.6 Å². The number of halogens is 1. The predicted molar refractivity (Wildman–Crippen MR) is 150 cm³/mol. The van der Waals surface area contributed by atoms with E-state index in [2.05, 4.69) is 39.4 Å². The van der Waals surface area contributed by atoms with Crippen molar-refractivity contribution in [3.05, 3.63) is 34.6 Å². The van der Waals surface area contributed by atoms with E-state index in [-0.39, 0.29) is 11.8 Å². The lowest BCUT2D eigenvalue weighted by Crippen LogP contribution is -2.43. The minimum atomic E-state index is -0.792. The molecule has 0 spiro atoms. The minimum Gasteiger partial charge on any atom is -0.481 e. The third-order valence-corrected chi connectivity index (χ3v) is 9.56. The third-order valence-electron chi connectivity index (χ3n) is 9.56. The first-order valence-electron chi connectivity index (χ1n) is 14.8. The van der Waals surface area contributed by atoms with E-state index in [9.17, 15) is 4.39 Å². The molecule has 0 N–H and O–H groups in total. The zero-order valence-electron chi connectivity index (χ0n) is 23.8. The van der Waals surface area contributed by atoms with Gasteiger partial charge in [0.05, 0.1) is 42.3 Å². The van der Waals surface area contributed by atoms with Crippen molar-refractivity contribution in [1.29, 1.82) is 0 Å². The molecule has 3 fully saturated rings. The molecular formula is C30H39FN6O3. The summed E-state index contributed by atoms with van der Waals surface area (Å²) in [6, 6.07) is 2.56. The Balaban J connectivity index is 1.19. The summed E-state index contributed by atoms with van der Waals surface area (Å²) in [4.78, 5) is 14.2. The van der Waals surface area contributed by atoms with Gasteiger partial charge >= 0.3 is 6.01 Å². The summed E-state index contributed by atoms with van der Waals surface area (Å²) < 4.78 is 34.3. The third kappa shape index (κ3) is 4.31. The zero-order chi connectivity index (χ0) is 27.4. The number of hydrogen-bond donors (Lipinski definition) is 0. The second-order valence-corrected chi connectivity index (χ2v) is 12.0. The quantitative estimate of drug-likeness (QED) is 0.438. The Labute approximate surface area is 234 Å². The maximum absolute atomic E-state index is 14.3. The summed E-state index contributed by atoms with van der Waals surface area (Å²) in [6.07, 6.45) is 7.76. The Morgan fingerprint density at radius 3 is 2.90 bits per heavy atom. The minimum absolute atomic E-state index is 0.0113. The van der Waals surface area contributed by atoms with Crippen molar-refractivity contribution in [3.8, 4) is 11.9 Å². The molecule has 4 aliphatic heterocycles. The van der Waals surface area contributed by atoms with E-state index in [1.165, 1.54) is 16.8 Å². The first-order valence-corrected chi connectivity index (χ1v) is 14.8. The number of fused-ring (bicyclic) bond motifs is 3. The van der Waals surface area contributed by atoms with Crippen molar-refractivity contribution in [2.75, 3.05) is 44.9 Å². The van der Waals surface area contributed by atoms with Crippen LogP contribution in [-0.2, 0) is 17.7 Å². The summed E-state index contributed by atoms with van der Waals surface area (Å²) in [5.41, 5.74) is 6.50. The highest BCUT2D eigenvalue weighted by atomic mass is 19.1. The lowest BCUT2D eigenvalue weighted by atomic mass is 9.95. The molecule has 0 aliphatic carbocycles. The molecular weight excluding hydrogens is 511 g/mol. The molecule has 6 heterocycles. The summed E-state index contributed by atoms with van der Waals surface area (Å²) in [5, 5.41) is 5.94. The van der Waals surface area contributed by atoms with Crippen molar-refractivity contribution in [2.45, 2.75) is 83.3 Å². The van der Waals surface area contributed by atoms with Gasteiger partial charge in [0, 0.05) is 37.1 Å². The first-order chi connectivity index (χ1) is 19.5. The average Bonchev–Trinajstić information content (AvgIpc) is 3.64. The molecule has 3 atom stereocenters. The van der Waals surface area contributed by atoms with Gasteiger partial charge in [0.2, 0.25) is 5.88 Å². The van der Waals surface area contributed by atoms with Gasteiger partial charge in [-0.1, -0.05) is 0 Å². The smallest absolute Gasteiger partial charge is 0.320 e. The van der Waals surface area contributed by atoms with Gasteiger partial charge < -0.3 is 19.1 Å². The maximum Gasteiger partial charge on any atom is 0.320 e. The number of methoxy groups -OCH3 is 1. The monoisotopic (exact) mass is 550 g/mol. The predicted octanol–water partition coefficient (Wildman–Crippen LogP) is 4.67. The number of aryl methyl sites for hydroxylation is 1. The van der Waals surface area contributed by atoms with Crippen LogP contribution in [0.5, 0.6) is 11.9 Å². The number of nitrogens with zero attached hydrogens (tertiary/aromatic N) is 6. The van der Waals surface area contributed by atoms with Crippen LogP contribution in [0.3, 0.4) is 0 Å². The van der Waals surface area contributed by atoms with Crippen LogP contribution in [0, 0.1) is 13.8 Å². The fourth-order valence-electron chi connectivity index (χ4n) is 7.40. The molecule has 3 aromatic rings. The standard InChI is InChI=1S/C30H39FN6O3/c1-19-13-25-23(15-32-37(25)26-7-4-5-12-39-26)27(20(19)2)35-11-8-22-24(17-35)33-29(34-28(22)38-3)40-18-30-9-6-10-36(30)16-21(31)14-30/h13,15,21,26H,4-12,14,16-18H2,1-3H3/t21-,26?,30+/m1/s1. The molecule has 0 bridgehead atoms. The Morgan fingerprint density at radius 2 is 2.08 bits per heavy atom. The van der Waals surface area contributed by atoms with Gasteiger partial charge in [0.15, 0.2) is 6.23 Å². The number of ether oxygens (including phenoxy) is 3. The Morgan fingerprint density at radius 1 is 1.18 bits per heavy atom. The van der Waals surface area contributed by atoms with Crippen LogP contribution in [0.1, 0.15) is 67.1 Å². The number of anilines is 1.